The number of benzene rings is 1. The van der Waals surface area contributed by atoms with Crippen LogP contribution in [0.3, 0.4) is 0 Å². The molecule has 2 aromatic rings. The summed E-state index contributed by atoms with van der Waals surface area (Å²) >= 11 is 0. The topological polar surface area (TPSA) is 48.4 Å². The maximum absolute atomic E-state index is 11.5. The van der Waals surface area contributed by atoms with Crippen molar-refractivity contribution >= 4 is 5.78 Å². The molecule has 0 saturated carbocycles. The van der Waals surface area contributed by atoms with Gasteiger partial charge in [0.1, 0.15) is 11.5 Å². The van der Waals surface area contributed by atoms with E-state index < -0.39 is 0 Å². The Kier molecular flexibility index (Phi) is 4.13. The summed E-state index contributed by atoms with van der Waals surface area (Å²) in [5, 5.41) is 0. The second-order valence-electron chi connectivity index (χ2n) is 3.92. The molecule has 19 heavy (non-hydrogen) atoms. The summed E-state index contributed by atoms with van der Waals surface area (Å²) in [6, 6.07) is 10.6. The highest BCUT2D eigenvalue weighted by atomic mass is 16.5. The van der Waals surface area contributed by atoms with E-state index in [1.165, 1.54) is 6.92 Å². The minimum atomic E-state index is -0.0750. The summed E-state index contributed by atoms with van der Waals surface area (Å²) in [7, 11) is 0. The zero-order valence-electron chi connectivity index (χ0n) is 10.9. The van der Waals surface area contributed by atoms with Gasteiger partial charge in [-0.05, 0) is 50.2 Å². The number of pyridine rings is 1. The SMILES string of the molecule is CCOc1ccc(Oc2ncccc2C(C)=O)cc1. The number of Topliss-reactive ketones (excluding diaryl/α,β-unsaturated/α-hetero) is 1. The lowest BCUT2D eigenvalue weighted by molar-refractivity contribution is 0.101. The Morgan fingerprint density at radius 2 is 1.84 bits per heavy atom. The van der Waals surface area contributed by atoms with Crippen molar-refractivity contribution in [2.45, 2.75) is 13.8 Å². The van der Waals surface area contributed by atoms with Crippen molar-refractivity contribution in [2.24, 2.45) is 0 Å². The Balaban J connectivity index is 2.19. The Bertz CT molecular complexity index is 564. The van der Waals surface area contributed by atoms with E-state index in [1.807, 2.05) is 19.1 Å². The van der Waals surface area contributed by atoms with Gasteiger partial charge in [0.2, 0.25) is 5.88 Å². The molecular weight excluding hydrogens is 242 g/mol. The second-order valence-corrected chi connectivity index (χ2v) is 3.92. The molecule has 2 rings (SSSR count). The minimum Gasteiger partial charge on any atom is -0.494 e. The van der Waals surface area contributed by atoms with E-state index in [2.05, 4.69) is 4.98 Å². The van der Waals surface area contributed by atoms with Gasteiger partial charge in [0.15, 0.2) is 5.78 Å². The van der Waals surface area contributed by atoms with E-state index in [4.69, 9.17) is 9.47 Å². The molecule has 0 radical (unpaired) electrons. The first kappa shape index (κ1) is 13.1. The Labute approximate surface area is 112 Å². The lowest BCUT2D eigenvalue weighted by Crippen LogP contribution is -1.99. The molecule has 0 amide bonds. The number of ether oxygens (including phenoxy) is 2. The zero-order chi connectivity index (χ0) is 13.7. The third-order valence-corrected chi connectivity index (χ3v) is 2.50. The molecule has 1 aromatic heterocycles. The summed E-state index contributed by atoms with van der Waals surface area (Å²) in [6.07, 6.45) is 1.59. The molecule has 0 unspecified atom stereocenters. The van der Waals surface area contributed by atoms with Crippen molar-refractivity contribution in [1.82, 2.24) is 4.98 Å². The highest BCUT2D eigenvalue weighted by Gasteiger charge is 2.09. The molecule has 1 aromatic carbocycles. The van der Waals surface area contributed by atoms with Crippen LogP contribution >= 0.6 is 0 Å². The van der Waals surface area contributed by atoms with Crippen LogP contribution in [0.25, 0.3) is 0 Å². The van der Waals surface area contributed by atoms with Crippen LogP contribution < -0.4 is 9.47 Å². The van der Waals surface area contributed by atoms with Gasteiger partial charge in [0, 0.05) is 6.20 Å². The Hall–Kier alpha value is -2.36. The first-order valence-corrected chi connectivity index (χ1v) is 6.07. The van der Waals surface area contributed by atoms with E-state index in [0.29, 0.717) is 23.8 Å². The first-order valence-electron chi connectivity index (χ1n) is 6.07. The van der Waals surface area contributed by atoms with Gasteiger partial charge >= 0.3 is 0 Å². The van der Waals surface area contributed by atoms with E-state index >= 15 is 0 Å². The van der Waals surface area contributed by atoms with Gasteiger partial charge in [-0.2, -0.15) is 0 Å². The molecule has 0 saturated heterocycles. The van der Waals surface area contributed by atoms with Crippen molar-refractivity contribution in [1.29, 1.82) is 0 Å². The quantitative estimate of drug-likeness (QED) is 0.769. The summed E-state index contributed by atoms with van der Waals surface area (Å²) < 4.78 is 11.0. The Morgan fingerprint density at radius 1 is 1.16 bits per heavy atom. The number of nitrogens with zero attached hydrogens (tertiary/aromatic N) is 1. The van der Waals surface area contributed by atoms with Crippen LogP contribution in [0.15, 0.2) is 42.6 Å². The van der Waals surface area contributed by atoms with Gasteiger partial charge in [-0.1, -0.05) is 0 Å². The van der Waals surface area contributed by atoms with E-state index in [9.17, 15) is 4.79 Å². The predicted octanol–water partition coefficient (Wildman–Crippen LogP) is 3.48. The molecule has 4 heteroatoms. The highest BCUT2D eigenvalue weighted by molar-refractivity contribution is 5.96. The lowest BCUT2D eigenvalue weighted by atomic mass is 10.2. The molecule has 98 valence electrons. The molecule has 0 aliphatic rings. The summed E-state index contributed by atoms with van der Waals surface area (Å²) in [6.45, 7) is 4.04. The predicted molar refractivity (Wildman–Crippen MR) is 71.9 cm³/mol. The summed E-state index contributed by atoms with van der Waals surface area (Å²) in [4.78, 5) is 15.5. The van der Waals surface area contributed by atoms with Crippen molar-refractivity contribution in [3.05, 3.63) is 48.2 Å². The Morgan fingerprint density at radius 3 is 2.47 bits per heavy atom. The third-order valence-electron chi connectivity index (χ3n) is 2.50. The first-order chi connectivity index (χ1) is 9.20. The molecule has 0 spiro atoms. The number of ketones is 1. The highest BCUT2D eigenvalue weighted by Crippen LogP contribution is 2.25. The molecule has 4 nitrogen and oxygen atoms in total. The molecule has 0 bridgehead atoms. The van der Waals surface area contributed by atoms with Crippen molar-refractivity contribution < 1.29 is 14.3 Å². The van der Waals surface area contributed by atoms with Gasteiger partial charge in [-0.25, -0.2) is 4.98 Å². The molecule has 0 N–H and O–H groups in total. The number of aromatic nitrogens is 1. The van der Waals surface area contributed by atoms with Crippen LogP contribution in [0.4, 0.5) is 0 Å². The number of rotatable bonds is 5. The summed E-state index contributed by atoms with van der Waals surface area (Å²) in [5.74, 6) is 1.64. The fraction of sp³-hybridized carbons (Fsp3) is 0.200. The van der Waals surface area contributed by atoms with Gasteiger partial charge in [-0.3, -0.25) is 4.79 Å². The van der Waals surface area contributed by atoms with Crippen LogP contribution in [0.5, 0.6) is 17.4 Å². The lowest BCUT2D eigenvalue weighted by Gasteiger charge is -2.08. The van der Waals surface area contributed by atoms with E-state index in [1.54, 1.807) is 30.5 Å². The third kappa shape index (κ3) is 3.31. The normalized spacial score (nSPS) is 10.0. The molecule has 0 aliphatic carbocycles. The van der Waals surface area contributed by atoms with Crippen LogP contribution in [0.2, 0.25) is 0 Å². The molecule has 0 fully saturated rings. The molecule has 0 atom stereocenters. The number of hydrogen-bond acceptors (Lipinski definition) is 4. The smallest absolute Gasteiger partial charge is 0.230 e. The monoisotopic (exact) mass is 257 g/mol. The number of hydrogen-bond donors (Lipinski definition) is 0. The molecule has 1 heterocycles. The van der Waals surface area contributed by atoms with E-state index in [0.717, 1.165) is 5.75 Å². The van der Waals surface area contributed by atoms with E-state index in [-0.39, 0.29) is 5.78 Å². The largest absolute Gasteiger partial charge is 0.494 e. The summed E-state index contributed by atoms with van der Waals surface area (Å²) in [5.41, 5.74) is 0.469. The zero-order valence-corrected chi connectivity index (χ0v) is 10.9. The van der Waals surface area contributed by atoms with Crippen LogP contribution in [0, 0.1) is 0 Å². The van der Waals surface area contributed by atoms with Gasteiger partial charge in [0.05, 0.1) is 12.2 Å². The average Bonchev–Trinajstić information content (AvgIpc) is 2.42. The fourth-order valence-electron chi connectivity index (χ4n) is 1.62. The van der Waals surface area contributed by atoms with Crippen molar-refractivity contribution in [3.8, 4) is 17.4 Å². The second kappa shape index (κ2) is 6.00. The van der Waals surface area contributed by atoms with Gasteiger partial charge in [0.25, 0.3) is 0 Å². The molecular formula is C15H15NO3. The van der Waals surface area contributed by atoms with Crippen molar-refractivity contribution in [3.63, 3.8) is 0 Å². The van der Waals surface area contributed by atoms with Crippen LogP contribution in [-0.4, -0.2) is 17.4 Å². The standard InChI is InChI=1S/C15H15NO3/c1-3-18-12-6-8-13(9-7-12)19-15-14(11(2)17)5-4-10-16-15/h4-10H,3H2,1-2H3. The maximum Gasteiger partial charge on any atom is 0.230 e. The number of carbonyl (C=O) groups excluding carboxylic acids is 1. The fourth-order valence-corrected chi connectivity index (χ4v) is 1.62. The van der Waals surface area contributed by atoms with Gasteiger partial charge in [-0.15, -0.1) is 0 Å². The number of carbonyl (C=O) groups is 1. The maximum atomic E-state index is 11.5. The van der Waals surface area contributed by atoms with Crippen LogP contribution in [-0.2, 0) is 0 Å². The van der Waals surface area contributed by atoms with Crippen molar-refractivity contribution in [2.75, 3.05) is 6.61 Å². The minimum absolute atomic E-state index is 0.0750. The van der Waals surface area contributed by atoms with Crippen LogP contribution in [0.1, 0.15) is 24.2 Å². The van der Waals surface area contributed by atoms with Gasteiger partial charge < -0.3 is 9.47 Å². The average molecular weight is 257 g/mol. The molecule has 0 aliphatic heterocycles.